The average molecular weight is 362 g/mol. The first-order valence-corrected chi connectivity index (χ1v) is 8.76. The Bertz CT molecular complexity index is 959. The van der Waals surface area contributed by atoms with Gasteiger partial charge in [-0.1, -0.05) is 36.0 Å². The molecule has 3 aromatic rings. The van der Waals surface area contributed by atoms with Crippen molar-refractivity contribution in [3.8, 4) is 0 Å². The van der Waals surface area contributed by atoms with E-state index in [1.807, 2.05) is 0 Å². The molecule has 25 heavy (non-hydrogen) atoms. The largest absolute Gasteiger partial charge is 0.396 e. The van der Waals surface area contributed by atoms with Gasteiger partial charge < -0.3 is 5.11 Å². The fraction of sp³-hybridized carbons (Fsp3) is 0.222. The van der Waals surface area contributed by atoms with Gasteiger partial charge in [-0.2, -0.15) is 0 Å². The fourth-order valence-electron chi connectivity index (χ4n) is 2.49. The monoisotopic (exact) mass is 362 g/mol. The Labute approximate surface area is 147 Å². The standard InChI is InChI=1S/C18H16F2N2O2S/c19-14-7-3-5-12(16(14)20)11-25-18-21-15-8-2-1-6-13(15)17(24)22(18)9-4-10-23/h1-3,5-8,23H,4,9-11H2. The lowest BCUT2D eigenvalue weighted by molar-refractivity contribution is 0.276. The second-order valence-corrected chi connectivity index (χ2v) is 6.39. The molecule has 0 amide bonds. The van der Waals surface area contributed by atoms with Gasteiger partial charge in [0.05, 0.1) is 10.9 Å². The van der Waals surface area contributed by atoms with E-state index in [0.717, 1.165) is 6.07 Å². The highest BCUT2D eigenvalue weighted by Crippen LogP contribution is 2.24. The number of aliphatic hydroxyl groups is 1. The summed E-state index contributed by atoms with van der Waals surface area (Å²) >= 11 is 1.17. The molecular weight excluding hydrogens is 346 g/mol. The summed E-state index contributed by atoms with van der Waals surface area (Å²) in [6, 6.07) is 11.0. The number of hydrogen-bond acceptors (Lipinski definition) is 4. The number of aliphatic hydroxyl groups excluding tert-OH is 1. The van der Waals surface area contributed by atoms with E-state index < -0.39 is 11.6 Å². The third-order valence-electron chi connectivity index (χ3n) is 3.75. The van der Waals surface area contributed by atoms with Crippen molar-refractivity contribution in [3.63, 3.8) is 0 Å². The normalized spacial score (nSPS) is 11.2. The van der Waals surface area contributed by atoms with Crippen LogP contribution in [0, 0.1) is 11.6 Å². The van der Waals surface area contributed by atoms with Crippen molar-refractivity contribution >= 4 is 22.7 Å². The van der Waals surface area contributed by atoms with Gasteiger partial charge in [0.2, 0.25) is 0 Å². The average Bonchev–Trinajstić information content (AvgIpc) is 2.62. The third kappa shape index (κ3) is 3.72. The molecule has 2 aromatic carbocycles. The molecule has 0 bridgehead atoms. The van der Waals surface area contributed by atoms with Crippen molar-refractivity contribution in [2.24, 2.45) is 0 Å². The number of para-hydroxylation sites is 1. The minimum Gasteiger partial charge on any atom is -0.396 e. The van der Waals surface area contributed by atoms with Gasteiger partial charge >= 0.3 is 0 Å². The number of rotatable bonds is 6. The van der Waals surface area contributed by atoms with Gasteiger partial charge in [0.15, 0.2) is 16.8 Å². The van der Waals surface area contributed by atoms with Crippen LogP contribution in [-0.4, -0.2) is 21.3 Å². The zero-order chi connectivity index (χ0) is 17.8. The first kappa shape index (κ1) is 17.6. The smallest absolute Gasteiger partial charge is 0.262 e. The van der Waals surface area contributed by atoms with Crippen LogP contribution in [0.3, 0.4) is 0 Å². The predicted molar refractivity (Wildman–Crippen MR) is 93.6 cm³/mol. The van der Waals surface area contributed by atoms with Gasteiger partial charge in [-0.05, 0) is 24.6 Å². The van der Waals surface area contributed by atoms with Crippen LogP contribution < -0.4 is 5.56 Å². The predicted octanol–water partition coefficient (Wildman–Crippen LogP) is 3.35. The lowest BCUT2D eigenvalue weighted by atomic mass is 10.2. The van der Waals surface area contributed by atoms with Crippen LogP contribution >= 0.6 is 11.8 Å². The molecule has 7 heteroatoms. The van der Waals surface area contributed by atoms with Gasteiger partial charge in [0.25, 0.3) is 5.56 Å². The number of hydrogen-bond donors (Lipinski definition) is 1. The highest BCUT2D eigenvalue weighted by molar-refractivity contribution is 7.98. The van der Waals surface area contributed by atoms with Gasteiger partial charge in [0.1, 0.15) is 0 Å². The summed E-state index contributed by atoms with van der Waals surface area (Å²) in [5.41, 5.74) is 0.553. The highest BCUT2D eigenvalue weighted by Gasteiger charge is 2.13. The molecule has 0 aliphatic carbocycles. The molecule has 1 N–H and O–H groups in total. The van der Waals surface area contributed by atoms with Crippen LogP contribution in [0.2, 0.25) is 0 Å². The maximum atomic E-state index is 13.8. The van der Waals surface area contributed by atoms with E-state index in [1.165, 1.54) is 28.5 Å². The zero-order valence-electron chi connectivity index (χ0n) is 13.3. The second kappa shape index (κ2) is 7.76. The molecule has 0 spiro atoms. The molecule has 4 nitrogen and oxygen atoms in total. The van der Waals surface area contributed by atoms with Crippen LogP contribution in [0.4, 0.5) is 8.78 Å². The Balaban J connectivity index is 1.98. The molecule has 0 saturated carbocycles. The Morgan fingerprint density at radius 2 is 1.92 bits per heavy atom. The van der Waals surface area contributed by atoms with Crippen molar-refractivity contribution < 1.29 is 13.9 Å². The molecule has 3 rings (SSSR count). The van der Waals surface area contributed by atoms with Crippen molar-refractivity contribution in [1.29, 1.82) is 0 Å². The molecule has 0 aliphatic heterocycles. The molecule has 0 unspecified atom stereocenters. The second-order valence-electron chi connectivity index (χ2n) is 5.45. The number of nitrogens with zero attached hydrogens (tertiary/aromatic N) is 2. The number of fused-ring (bicyclic) bond motifs is 1. The number of thioether (sulfide) groups is 1. The Morgan fingerprint density at radius 1 is 1.12 bits per heavy atom. The summed E-state index contributed by atoms with van der Waals surface area (Å²) in [5.74, 6) is -1.64. The molecule has 1 aromatic heterocycles. The summed E-state index contributed by atoms with van der Waals surface area (Å²) in [5, 5.41) is 9.97. The minimum atomic E-state index is -0.901. The van der Waals surface area contributed by atoms with E-state index >= 15 is 0 Å². The molecule has 1 heterocycles. The van der Waals surface area contributed by atoms with Gasteiger partial charge in [-0.25, -0.2) is 13.8 Å². The number of halogens is 2. The van der Waals surface area contributed by atoms with Gasteiger partial charge in [-0.15, -0.1) is 0 Å². The summed E-state index contributed by atoms with van der Waals surface area (Å²) < 4.78 is 28.6. The van der Waals surface area contributed by atoms with Crippen LogP contribution in [0.15, 0.2) is 52.4 Å². The molecule has 0 fully saturated rings. The first-order chi connectivity index (χ1) is 12.1. The van der Waals surface area contributed by atoms with E-state index in [2.05, 4.69) is 4.98 Å². The van der Waals surface area contributed by atoms with Crippen LogP contribution in [0.1, 0.15) is 12.0 Å². The maximum absolute atomic E-state index is 13.8. The summed E-state index contributed by atoms with van der Waals surface area (Å²) in [4.78, 5) is 17.2. The van der Waals surface area contributed by atoms with Gasteiger partial charge in [0, 0.05) is 24.5 Å². The Morgan fingerprint density at radius 3 is 2.72 bits per heavy atom. The summed E-state index contributed by atoms with van der Waals surface area (Å²) in [6.07, 6.45) is 0.405. The lowest BCUT2D eigenvalue weighted by Crippen LogP contribution is -2.24. The molecule has 0 radical (unpaired) electrons. The molecule has 130 valence electrons. The number of benzene rings is 2. The van der Waals surface area contributed by atoms with E-state index in [1.54, 1.807) is 24.3 Å². The van der Waals surface area contributed by atoms with E-state index in [9.17, 15) is 13.6 Å². The zero-order valence-corrected chi connectivity index (χ0v) is 14.1. The topological polar surface area (TPSA) is 55.1 Å². The maximum Gasteiger partial charge on any atom is 0.262 e. The highest BCUT2D eigenvalue weighted by atomic mass is 32.2. The fourth-order valence-corrected chi connectivity index (χ4v) is 3.49. The van der Waals surface area contributed by atoms with Crippen molar-refractivity contribution in [1.82, 2.24) is 9.55 Å². The molecule has 0 atom stereocenters. The van der Waals surface area contributed by atoms with E-state index in [-0.39, 0.29) is 23.5 Å². The van der Waals surface area contributed by atoms with Crippen molar-refractivity contribution in [2.45, 2.75) is 23.9 Å². The van der Waals surface area contributed by atoms with Crippen molar-refractivity contribution in [2.75, 3.05) is 6.61 Å². The summed E-state index contributed by atoms with van der Waals surface area (Å²) in [7, 11) is 0. The van der Waals surface area contributed by atoms with E-state index in [0.29, 0.717) is 29.0 Å². The van der Waals surface area contributed by atoms with Crippen LogP contribution in [-0.2, 0) is 12.3 Å². The van der Waals surface area contributed by atoms with Crippen molar-refractivity contribution in [3.05, 3.63) is 70.0 Å². The molecule has 0 aliphatic rings. The minimum absolute atomic E-state index is 0.0537. The summed E-state index contributed by atoms with van der Waals surface area (Å²) in [6.45, 7) is 0.253. The quantitative estimate of drug-likeness (QED) is 0.540. The SMILES string of the molecule is O=c1c2ccccc2nc(SCc2cccc(F)c2F)n1CCCO. The molecule has 0 saturated heterocycles. The Hall–Kier alpha value is -2.25. The van der Waals surface area contributed by atoms with Crippen LogP contribution in [0.25, 0.3) is 10.9 Å². The van der Waals surface area contributed by atoms with Gasteiger partial charge in [-0.3, -0.25) is 9.36 Å². The van der Waals surface area contributed by atoms with E-state index in [4.69, 9.17) is 5.11 Å². The van der Waals surface area contributed by atoms with Crippen LogP contribution in [0.5, 0.6) is 0 Å². The number of aromatic nitrogens is 2. The Kier molecular flexibility index (Phi) is 5.45. The molecular formula is C18H16F2N2O2S. The third-order valence-corrected chi connectivity index (χ3v) is 4.78. The first-order valence-electron chi connectivity index (χ1n) is 7.78. The lowest BCUT2D eigenvalue weighted by Gasteiger charge is -2.13.